The lowest BCUT2D eigenvalue weighted by atomic mass is 10.1. The third-order valence-corrected chi connectivity index (χ3v) is 5.39. The molecule has 0 aromatic carbocycles. The summed E-state index contributed by atoms with van der Waals surface area (Å²) in [5, 5.41) is 1.93. The lowest BCUT2D eigenvalue weighted by molar-refractivity contribution is -0.136. The molecule has 1 atom stereocenters. The molecule has 1 aliphatic rings. The third-order valence-electron chi connectivity index (χ3n) is 4.56. The molecule has 0 amide bonds. The first-order valence-corrected chi connectivity index (χ1v) is 9.62. The van der Waals surface area contributed by atoms with Gasteiger partial charge in [0, 0.05) is 41.1 Å². The fraction of sp³-hybridized carbons (Fsp3) is 0.400. The molecular weight excluding hydrogens is 350 g/mol. The minimum absolute atomic E-state index is 0.186. The van der Waals surface area contributed by atoms with Gasteiger partial charge < -0.3 is 14.0 Å². The van der Waals surface area contributed by atoms with Crippen LogP contribution in [0, 0.1) is 13.8 Å². The van der Waals surface area contributed by atoms with Gasteiger partial charge in [-0.1, -0.05) is 6.07 Å². The summed E-state index contributed by atoms with van der Waals surface area (Å²) in [7, 11) is 0. The third kappa shape index (κ3) is 4.51. The molecule has 1 unspecified atom stereocenters. The van der Waals surface area contributed by atoms with Crippen molar-refractivity contribution in [2.24, 2.45) is 0 Å². The second-order valence-corrected chi connectivity index (χ2v) is 7.39. The summed E-state index contributed by atoms with van der Waals surface area (Å²) < 4.78 is 12.9. The highest BCUT2D eigenvalue weighted by Crippen LogP contribution is 2.20. The molecule has 3 heterocycles. The predicted octanol–water partition coefficient (Wildman–Crippen LogP) is 3.78. The van der Waals surface area contributed by atoms with E-state index in [1.807, 2.05) is 37.4 Å². The van der Waals surface area contributed by atoms with Gasteiger partial charge in [-0.2, -0.15) is 0 Å². The minimum atomic E-state index is -0.514. The van der Waals surface area contributed by atoms with E-state index < -0.39 is 5.97 Å². The standard InChI is InChI=1S/C20H23NO4S/c1-14-11-18(15(2)21(14)12-16-5-3-9-24-16)19(22)13-25-20(23)8-7-17-6-4-10-26-17/h4,6-8,10-11,16H,3,5,9,12-13H2,1-2H3. The molecule has 6 heteroatoms. The van der Waals surface area contributed by atoms with Crippen LogP contribution in [-0.2, 0) is 20.8 Å². The average Bonchev–Trinajstić information content (AvgIpc) is 3.37. The zero-order valence-electron chi connectivity index (χ0n) is 15.1. The number of esters is 1. The van der Waals surface area contributed by atoms with Crippen LogP contribution in [0.1, 0.15) is 39.5 Å². The first kappa shape index (κ1) is 18.6. The van der Waals surface area contributed by atoms with Gasteiger partial charge in [0.25, 0.3) is 0 Å². The summed E-state index contributed by atoms with van der Waals surface area (Å²) in [5.41, 5.74) is 2.52. The van der Waals surface area contributed by atoms with Crippen LogP contribution < -0.4 is 0 Å². The summed E-state index contributed by atoms with van der Waals surface area (Å²) in [6.07, 6.45) is 5.38. The number of aryl methyl sites for hydroxylation is 1. The summed E-state index contributed by atoms with van der Waals surface area (Å²) in [6.45, 7) is 5.22. The number of ether oxygens (including phenoxy) is 2. The van der Waals surface area contributed by atoms with Crippen molar-refractivity contribution in [3.8, 4) is 0 Å². The Hall–Kier alpha value is -2.18. The van der Waals surface area contributed by atoms with E-state index in [9.17, 15) is 9.59 Å². The number of carbonyl (C=O) groups is 2. The molecular formula is C20H23NO4S. The van der Waals surface area contributed by atoms with Gasteiger partial charge in [-0.05, 0) is 50.3 Å². The van der Waals surface area contributed by atoms with Crippen molar-refractivity contribution < 1.29 is 19.1 Å². The SMILES string of the molecule is Cc1cc(C(=O)COC(=O)C=Cc2cccs2)c(C)n1CC1CCCO1. The number of aromatic nitrogens is 1. The van der Waals surface area contributed by atoms with Crippen LogP contribution in [0.15, 0.2) is 29.7 Å². The molecule has 0 bridgehead atoms. The number of ketones is 1. The van der Waals surface area contributed by atoms with Crippen molar-refractivity contribution in [2.75, 3.05) is 13.2 Å². The van der Waals surface area contributed by atoms with Crippen molar-refractivity contribution in [1.82, 2.24) is 4.57 Å². The number of rotatable bonds is 7. The summed E-state index contributed by atoms with van der Waals surface area (Å²) in [5.74, 6) is -0.700. The number of hydrogen-bond donors (Lipinski definition) is 0. The molecule has 2 aromatic rings. The van der Waals surface area contributed by atoms with Gasteiger partial charge in [-0.3, -0.25) is 4.79 Å². The zero-order chi connectivity index (χ0) is 18.5. The zero-order valence-corrected chi connectivity index (χ0v) is 15.9. The van der Waals surface area contributed by atoms with E-state index in [0.29, 0.717) is 5.56 Å². The van der Waals surface area contributed by atoms with Gasteiger partial charge >= 0.3 is 5.97 Å². The first-order valence-electron chi connectivity index (χ1n) is 8.74. The number of hydrogen-bond acceptors (Lipinski definition) is 5. The molecule has 0 aliphatic carbocycles. The molecule has 1 fully saturated rings. The van der Waals surface area contributed by atoms with Gasteiger partial charge in [0.15, 0.2) is 6.61 Å². The molecule has 1 aliphatic heterocycles. The van der Waals surface area contributed by atoms with Crippen molar-refractivity contribution in [2.45, 2.75) is 39.3 Å². The number of Topliss-reactive ketones (excluding diaryl/α,β-unsaturated/α-hetero) is 1. The van der Waals surface area contributed by atoms with Crippen LogP contribution in [0.3, 0.4) is 0 Å². The highest BCUT2D eigenvalue weighted by atomic mass is 32.1. The van der Waals surface area contributed by atoms with Crippen molar-refractivity contribution in [3.63, 3.8) is 0 Å². The Morgan fingerprint density at radius 2 is 2.27 bits per heavy atom. The quantitative estimate of drug-likeness (QED) is 0.421. The smallest absolute Gasteiger partial charge is 0.331 e. The van der Waals surface area contributed by atoms with Gasteiger partial charge in [0.2, 0.25) is 5.78 Å². The van der Waals surface area contributed by atoms with E-state index in [0.717, 1.165) is 42.3 Å². The van der Waals surface area contributed by atoms with Crippen LogP contribution in [0.5, 0.6) is 0 Å². The first-order chi connectivity index (χ1) is 12.5. The van der Waals surface area contributed by atoms with Gasteiger partial charge in [0.1, 0.15) is 0 Å². The van der Waals surface area contributed by atoms with Crippen LogP contribution in [0.4, 0.5) is 0 Å². The lowest BCUT2D eigenvalue weighted by Crippen LogP contribution is -2.18. The van der Waals surface area contributed by atoms with E-state index in [1.165, 1.54) is 17.4 Å². The molecule has 1 saturated heterocycles. The highest BCUT2D eigenvalue weighted by molar-refractivity contribution is 7.10. The molecule has 26 heavy (non-hydrogen) atoms. The molecule has 138 valence electrons. The second-order valence-electron chi connectivity index (χ2n) is 6.41. The van der Waals surface area contributed by atoms with Gasteiger partial charge in [-0.25, -0.2) is 4.79 Å². The molecule has 0 N–H and O–H groups in total. The predicted molar refractivity (Wildman–Crippen MR) is 102 cm³/mol. The Morgan fingerprint density at radius 3 is 2.96 bits per heavy atom. The van der Waals surface area contributed by atoms with E-state index in [-0.39, 0.29) is 18.5 Å². The van der Waals surface area contributed by atoms with Gasteiger partial charge in [-0.15, -0.1) is 11.3 Å². The van der Waals surface area contributed by atoms with Crippen molar-refractivity contribution in [3.05, 3.63) is 51.5 Å². The molecule has 0 radical (unpaired) electrons. The minimum Gasteiger partial charge on any atom is -0.454 e. The molecule has 2 aromatic heterocycles. The Morgan fingerprint density at radius 1 is 1.42 bits per heavy atom. The largest absolute Gasteiger partial charge is 0.454 e. The number of nitrogens with zero attached hydrogens (tertiary/aromatic N) is 1. The van der Waals surface area contributed by atoms with E-state index in [2.05, 4.69) is 4.57 Å². The van der Waals surface area contributed by atoms with Crippen LogP contribution in [0.2, 0.25) is 0 Å². The molecule has 3 rings (SSSR count). The second kappa shape index (κ2) is 8.47. The van der Waals surface area contributed by atoms with Crippen LogP contribution >= 0.6 is 11.3 Å². The summed E-state index contributed by atoms with van der Waals surface area (Å²) >= 11 is 1.53. The maximum Gasteiger partial charge on any atom is 0.331 e. The Labute approximate surface area is 157 Å². The fourth-order valence-electron chi connectivity index (χ4n) is 3.16. The Balaban J connectivity index is 1.58. The molecule has 5 nitrogen and oxygen atoms in total. The van der Waals surface area contributed by atoms with E-state index >= 15 is 0 Å². The Bertz CT molecular complexity index is 798. The van der Waals surface area contributed by atoms with E-state index in [4.69, 9.17) is 9.47 Å². The fourth-order valence-corrected chi connectivity index (χ4v) is 3.77. The average molecular weight is 373 g/mol. The van der Waals surface area contributed by atoms with Gasteiger partial charge in [0.05, 0.1) is 6.10 Å². The Kier molecular flexibility index (Phi) is 6.06. The number of thiophene rings is 1. The van der Waals surface area contributed by atoms with Crippen LogP contribution in [-0.4, -0.2) is 35.6 Å². The lowest BCUT2D eigenvalue weighted by Gasteiger charge is -2.14. The van der Waals surface area contributed by atoms with Crippen molar-refractivity contribution in [1.29, 1.82) is 0 Å². The summed E-state index contributed by atoms with van der Waals surface area (Å²) in [4.78, 5) is 25.2. The number of carbonyl (C=O) groups excluding carboxylic acids is 2. The molecule has 0 saturated carbocycles. The summed E-state index contributed by atoms with van der Waals surface area (Å²) in [6, 6.07) is 5.68. The van der Waals surface area contributed by atoms with E-state index in [1.54, 1.807) is 6.08 Å². The van der Waals surface area contributed by atoms with Crippen LogP contribution in [0.25, 0.3) is 6.08 Å². The monoisotopic (exact) mass is 373 g/mol. The topological polar surface area (TPSA) is 57.5 Å². The van der Waals surface area contributed by atoms with Crippen molar-refractivity contribution >= 4 is 29.2 Å². The highest BCUT2D eigenvalue weighted by Gasteiger charge is 2.21. The molecule has 0 spiro atoms. The maximum atomic E-state index is 12.5. The maximum absolute atomic E-state index is 12.5. The normalized spacial score (nSPS) is 17.1.